The fourth-order valence-electron chi connectivity index (χ4n) is 4.20. The molecule has 0 fully saturated rings. The van der Waals surface area contributed by atoms with Crippen LogP contribution in [0.25, 0.3) is 22.5 Å². The van der Waals surface area contributed by atoms with Crippen molar-refractivity contribution in [1.29, 1.82) is 0 Å². The van der Waals surface area contributed by atoms with Crippen molar-refractivity contribution in [3.05, 3.63) is 72.1 Å². The van der Waals surface area contributed by atoms with Gasteiger partial charge in [-0.25, -0.2) is 9.97 Å². The van der Waals surface area contributed by atoms with Crippen molar-refractivity contribution in [1.82, 2.24) is 30.4 Å². The zero-order valence-corrected chi connectivity index (χ0v) is 27.3. The summed E-state index contributed by atoms with van der Waals surface area (Å²) in [5.41, 5.74) is 4.57. The molecule has 1 heterocycles. The van der Waals surface area contributed by atoms with Gasteiger partial charge in [0.15, 0.2) is 0 Å². The monoisotopic (exact) mass is 676 g/mol. The molecule has 2 amide bonds. The van der Waals surface area contributed by atoms with Crippen molar-refractivity contribution in [2.45, 2.75) is 27.7 Å². The summed E-state index contributed by atoms with van der Waals surface area (Å²) in [5.74, 6) is -0.159. The molecule has 0 aliphatic rings. The summed E-state index contributed by atoms with van der Waals surface area (Å²) in [7, 11) is 0. The lowest BCUT2D eigenvalue weighted by atomic mass is 10.0. The number of halogens is 2. The van der Waals surface area contributed by atoms with Crippen molar-refractivity contribution >= 4 is 45.8 Å². The molecule has 40 heavy (non-hydrogen) atoms. The van der Waals surface area contributed by atoms with Crippen LogP contribution >= 0.6 is 34.0 Å². The molecule has 0 aliphatic heterocycles. The highest BCUT2D eigenvalue weighted by atomic mass is 79.9. The maximum Gasteiger partial charge on any atom is 0.251 e. The van der Waals surface area contributed by atoms with Crippen LogP contribution in [0, 0.1) is 0 Å². The molecule has 0 saturated heterocycles. The van der Waals surface area contributed by atoms with E-state index in [9.17, 15) is 9.59 Å². The van der Waals surface area contributed by atoms with Gasteiger partial charge in [0, 0.05) is 48.4 Å². The van der Waals surface area contributed by atoms with Gasteiger partial charge in [-0.15, -0.1) is 34.0 Å². The molecule has 218 valence electrons. The van der Waals surface area contributed by atoms with Crippen LogP contribution < -0.4 is 10.6 Å². The van der Waals surface area contributed by atoms with Crippen LogP contribution in [0.3, 0.4) is 0 Å². The van der Waals surface area contributed by atoms with Gasteiger partial charge in [-0.1, -0.05) is 52.0 Å². The average Bonchev–Trinajstić information content (AvgIpc) is 2.97. The Morgan fingerprint density at radius 1 is 0.625 bits per heavy atom. The van der Waals surface area contributed by atoms with Crippen molar-refractivity contribution < 1.29 is 9.59 Å². The standard InChI is InChI=1S/C30H40N6O2.2BrH/c1-5-35(6-2)19-17-31-29(37)25-13-9-23(10-14-25)27-21-28(34-22-33-27)24-11-15-26(16-12-24)30(38)32-18-20-36(7-3)8-4;;/h9-16,21-22H,5-8,17-20H2,1-4H3,(H,31,37)(H,32,38);2*1H. The molecule has 1 aromatic heterocycles. The molecule has 3 aromatic rings. The van der Waals surface area contributed by atoms with E-state index in [1.54, 1.807) is 0 Å². The molecule has 3 rings (SSSR count). The minimum atomic E-state index is -0.0794. The first-order valence-corrected chi connectivity index (χ1v) is 13.5. The van der Waals surface area contributed by atoms with E-state index < -0.39 is 0 Å². The second kappa shape index (κ2) is 18.6. The van der Waals surface area contributed by atoms with Gasteiger partial charge in [0.1, 0.15) is 6.33 Å². The van der Waals surface area contributed by atoms with E-state index in [1.165, 1.54) is 6.33 Å². The molecular formula is C30H42Br2N6O2. The molecule has 0 spiro atoms. The predicted molar refractivity (Wildman–Crippen MR) is 174 cm³/mol. The predicted octanol–water partition coefficient (Wildman–Crippen LogP) is 5.11. The Morgan fingerprint density at radius 2 is 0.975 bits per heavy atom. The first kappa shape index (κ1) is 35.4. The summed E-state index contributed by atoms with van der Waals surface area (Å²) in [6.45, 7) is 15.3. The first-order valence-electron chi connectivity index (χ1n) is 13.5. The third-order valence-electron chi connectivity index (χ3n) is 6.77. The molecule has 2 aromatic carbocycles. The van der Waals surface area contributed by atoms with Gasteiger partial charge in [0.2, 0.25) is 0 Å². The van der Waals surface area contributed by atoms with E-state index in [-0.39, 0.29) is 45.8 Å². The van der Waals surface area contributed by atoms with Crippen LogP contribution in [0.4, 0.5) is 0 Å². The molecular weight excluding hydrogens is 636 g/mol. The Balaban J connectivity index is 0.00000400. The molecule has 0 bridgehead atoms. The van der Waals surface area contributed by atoms with Crippen LogP contribution in [0.2, 0.25) is 0 Å². The van der Waals surface area contributed by atoms with Gasteiger partial charge in [-0.3, -0.25) is 9.59 Å². The number of amides is 2. The number of aromatic nitrogens is 2. The van der Waals surface area contributed by atoms with Crippen LogP contribution in [0.15, 0.2) is 60.9 Å². The van der Waals surface area contributed by atoms with E-state index in [0.29, 0.717) is 24.2 Å². The summed E-state index contributed by atoms with van der Waals surface area (Å²) in [6, 6.07) is 16.8. The number of carbonyl (C=O) groups excluding carboxylic acids is 2. The molecule has 10 heteroatoms. The lowest BCUT2D eigenvalue weighted by Crippen LogP contribution is -2.34. The Bertz CT molecular complexity index is 1080. The normalized spacial score (nSPS) is 10.6. The second-order valence-corrected chi connectivity index (χ2v) is 9.01. The number of hydrogen-bond acceptors (Lipinski definition) is 6. The second-order valence-electron chi connectivity index (χ2n) is 9.01. The van der Waals surface area contributed by atoms with Crippen molar-refractivity contribution in [3.63, 3.8) is 0 Å². The highest BCUT2D eigenvalue weighted by Crippen LogP contribution is 2.23. The largest absolute Gasteiger partial charge is 0.351 e. The Hall–Kier alpha value is -2.66. The SMILES string of the molecule is Br.Br.CCN(CC)CCNC(=O)c1ccc(-c2cc(-c3ccc(C(=O)NCCN(CC)CC)cc3)ncn2)cc1. The van der Waals surface area contributed by atoms with Gasteiger partial charge in [-0.2, -0.15) is 0 Å². The minimum Gasteiger partial charge on any atom is -0.351 e. The highest BCUT2D eigenvalue weighted by Gasteiger charge is 2.10. The topological polar surface area (TPSA) is 90.5 Å². The number of rotatable bonds is 14. The number of nitrogens with zero attached hydrogens (tertiary/aromatic N) is 4. The summed E-state index contributed by atoms with van der Waals surface area (Å²) < 4.78 is 0. The van der Waals surface area contributed by atoms with Crippen molar-refractivity contribution in [2.24, 2.45) is 0 Å². The van der Waals surface area contributed by atoms with E-state index in [1.807, 2.05) is 54.6 Å². The maximum absolute atomic E-state index is 12.5. The van der Waals surface area contributed by atoms with E-state index in [2.05, 4.69) is 58.1 Å². The number of nitrogens with one attached hydrogen (secondary N) is 2. The van der Waals surface area contributed by atoms with E-state index in [0.717, 1.165) is 61.8 Å². The number of likely N-dealkylation sites (N-methyl/N-ethyl adjacent to an activating group) is 2. The smallest absolute Gasteiger partial charge is 0.251 e. The van der Waals surface area contributed by atoms with Gasteiger partial charge in [0.05, 0.1) is 11.4 Å². The van der Waals surface area contributed by atoms with Gasteiger partial charge >= 0.3 is 0 Å². The molecule has 0 radical (unpaired) electrons. The molecule has 0 unspecified atom stereocenters. The van der Waals surface area contributed by atoms with Crippen molar-refractivity contribution in [3.8, 4) is 22.5 Å². The fraction of sp³-hybridized carbons (Fsp3) is 0.400. The summed E-state index contributed by atoms with van der Waals surface area (Å²) in [6.07, 6.45) is 1.53. The van der Waals surface area contributed by atoms with Crippen LogP contribution in [0.5, 0.6) is 0 Å². The third-order valence-corrected chi connectivity index (χ3v) is 6.77. The van der Waals surface area contributed by atoms with Crippen molar-refractivity contribution in [2.75, 3.05) is 52.4 Å². The number of carbonyl (C=O) groups is 2. The molecule has 0 aliphatic carbocycles. The number of hydrogen-bond donors (Lipinski definition) is 2. The quantitative estimate of drug-likeness (QED) is 0.247. The Kier molecular flexibility index (Phi) is 16.5. The fourth-order valence-corrected chi connectivity index (χ4v) is 4.20. The molecule has 0 saturated carbocycles. The first-order chi connectivity index (χ1) is 18.5. The molecule has 8 nitrogen and oxygen atoms in total. The van der Waals surface area contributed by atoms with Gasteiger partial charge in [-0.05, 0) is 56.5 Å². The van der Waals surface area contributed by atoms with Crippen LogP contribution in [0.1, 0.15) is 48.4 Å². The summed E-state index contributed by atoms with van der Waals surface area (Å²) in [4.78, 5) is 38.4. The van der Waals surface area contributed by atoms with Crippen LogP contribution in [-0.4, -0.2) is 83.9 Å². The number of benzene rings is 2. The Morgan fingerprint density at radius 3 is 1.30 bits per heavy atom. The van der Waals surface area contributed by atoms with Gasteiger partial charge < -0.3 is 20.4 Å². The average molecular weight is 679 g/mol. The lowest BCUT2D eigenvalue weighted by Gasteiger charge is -2.18. The van der Waals surface area contributed by atoms with Gasteiger partial charge in [0.25, 0.3) is 11.8 Å². The summed E-state index contributed by atoms with van der Waals surface area (Å²) in [5, 5.41) is 5.97. The molecule has 0 atom stereocenters. The van der Waals surface area contributed by atoms with E-state index in [4.69, 9.17) is 0 Å². The minimum absolute atomic E-state index is 0. The van der Waals surface area contributed by atoms with E-state index >= 15 is 0 Å². The maximum atomic E-state index is 12.5. The molecule has 2 N–H and O–H groups in total. The Labute approximate surface area is 259 Å². The lowest BCUT2D eigenvalue weighted by molar-refractivity contribution is 0.0941. The summed E-state index contributed by atoms with van der Waals surface area (Å²) >= 11 is 0. The van der Waals surface area contributed by atoms with Crippen LogP contribution in [-0.2, 0) is 0 Å². The zero-order valence-electron chi connectivity index (χ0n) is 23.9. The third kappa shape index (κ3) is 10.4. The highest BCUT2D eigenvalue weighted by molar-refractivity contribution is 8.93. The zero-order chi connectivity index (χ0) is 27.3.